The number of aromatic amines is 1. The molecule has 200 valence electrons. The Morgan fingerprint density at radius 2 is 1.61 bits per heavy atom. The molecule has 0 amide bonds. The molecule has 6 nitrogen and oxygen atoms in total. The van der Waals surface area contributed by atoms with Crippen LogP contribution in [0.1, 0.15) is 42.9 Å². The fraction of sp³-hybridized carbons (Fsp3) is 0.619. The Labute approximate surface area is 196 Å². The van der Waals surface area contributed by atoms with Crippen molar-refractivity contribution in [2.24, 2.45) is 17.6 Å². The Bertz CT molecular complexity index is 1280. The summed E-state index contributed by atoms with van der Waals surface area (Å²) in [7, 11) is 0. The van der Waals surface area contributed by atoms with Crippen LogP contribution in [0.15, 0.2) is 9.59 Å². The van der Waals surface area contributed by atoms with Crippen LogP contribution < -0.4 is 21.9 Å². The van der Waals surface area contributed by atoms with E-state index in [1.807, 2.05) is 4.98 Å². The van der Waals surface area contributed by atoms with E-state index in [1.54, 1.807) is 0 Å². The van der Waals surface area contributed by atoms with Crippen LogP contribution in [0.5, 0.6) is 0 Å². The third kappa shape index (κ3) is 4.34. The van der Waals surface area contributed by atoms with E-state index in [-0.39, 0.29) is 24.0 Å². The molecule has 1 aromatic carbocycles. The monoisotopic (exact) mass is 532 g/mol. The number of H-pyrrole nitrogens is 1. The number of anilines is 1. The summed E-state index contributed by atoms with van der Waals surface area (Å²) in [5, 5.41) is -0.725. The molecule has 1 saturated carbocycles. The number of fused-ring (bicyclic) bond motifs is 1. The van der Waals surface area contributed by atoms with E-state index in [0.29, 0.717) is 12.8 Å². The molecular formula is C21H21F9N4O2. The lowest BCUT2D eigenvalue weighted by atomic mass is 9.87. The first-order chi connectivity index (χ1) is 16.6. The highest BCUT2D eigenvalue weighted by atomic mass is 19.4. The van der Waals surface area contributed by atoms with Crippen LogP contribution in [0.2, 0.25) is 0 Å². The standard InChI is InChI=1S/C21H21F9N4O2/c1-7-14-11(18(35)32-19(36)34(14)9-2-3-9)10(17(23)24)12(22)15(7)33-5-4-8(6-33)13(31)16(20(25,26)27)21(28,29)30/h8-9,13,16-17H,2-6,31H2,1H3,(H,32,35,36). The Morgan fingerprint density at radius 3 is 2.11 bits per heavy atom. The zero-order valence-corrected chi connectivity index (χ0v) is 18.6. The molecule has 1 saturated heterocycles. The van der Waals surface area contributed by atoms with Crippen molar-refractivity contribution in [1.82, 2.24) is 9.55 Å². The number of rotatable bonds is 5. The predicted octanol–water partition coefficient (Wildman–Crippen LogP) is 4.30. The van der Waals surface area contributed by atoms with Gasteiger partial charge >= 0.3 is 18.0 Å². The number of alkyl halides is 8. The summed E-state index contributed by atoms with van der Waals surface area (Å²) in [6.07, 6.45) is -14.2. The molecule has 3 N–H and O–H groups in total. The molecule has 0 spiro atoms. The van der Waals surface area contributed by atoms with Gasteiger partial charge in [0.25, 0.3) is 12.0 Å². The van der Waals surface area contributed by atoms with E-state index >= 15 is 4.39 Å². The quantitative estimate of drug-likeness (QED) is 0.563. The Morgan fingerprint density at radius 1 is 1.03 bits per heavy atom. The third-order valence-corrected chi connectivity index (χ3v) is 6.87. The molecule has 0 bridgehead atoms. The van der Waals surface area contributed by atoms with Crippen molar-refractivity contribution in [3.63, 3.8) is 0 Å². The molecule has 1 aliphatic carbocycles. The molecule has 2 fully saturated rings. The van der Waals surface area contributed by atoms with Crippen molar-refractivity contribution < 1.29 is 39.5 Å². The molecule has 1 aromatic heterocycles. The van der Waals surface area contributed by atoms with Gasteiger partial charge in [-0.05, 0) is 32.1 Å². The van der Waals surface area contributed by atoms with Gasteiger partial charge in [0.15, 0.2) is 11.7 Å². The van der Waals surface area contributed by atoms with Crippen LogP contribution in [0.3, 0.4) is 0 Å². The van der Waals surface area contributed by atoms with Gasteiger partial charge in [0.1, 0.15) is 0 Å². The lowest BCUT2D eigenvalue weighted by Crippen LogP contribution is -2.52. The predicted molar refractivity (Wildman–Crippen MR) is 111 cm³/mol. The summed E-state index contributed by atoms with van der Waals surface area (Å²) in [5.41, 5.74) is 1.16. The van der Waals surface area contributed by atoms with E-state index in [4.69, 9.17) is 5.73 Å². The summed E-state index contributed by atoms with van der Waals surface area (Å²) in [6.45, 7) is 0.408. The van der Waals surface area contributed by atoms with Crippen LogP contribution in [-0.2, 0) is 0 Å². The number of halogens is 9. The second-order valence-corrected chi connectivity index (χ2v) is 9.22. The van der Waals surface area contributed by atoms with Gasteiger partial charge in [0, 0.05) is 30.7 Å². The number of nitrogens with two attached hydrogens (primary N) is 1. The second kappa shape index (κ2) is 8.70. The summed E-state index contributed by atoms with van der Waals surface area (Å²) >= 11 is 0. The van der Waals surface area contributed by atoms with Crippen molar-refractivity contribution in [2.45, 2.75) is 57.0 Å². The molecule has 4 rings (SSSR count). The van der Waals surface area contributed by atoms with Gasteiger partial charge < -0.3 is 10.6 Å². The van der Waals surface area contributed by atoms with Gasteiger partial charge in [-0.1, -0.05) is 0 Å². The topological polar surface area (TPSA) is 84.1 Å². The average molecular weight is 532 g/mol. The van der Waals surface area contributed by atoms with E-state index in [2.05, 4.69) is 0 Å². The molecular weight excluding hydrogens is 511 g/mol. The van der Waals surface area contributed by atoms with Gasteiger partial charge in [-0.15, -0.1) is 0 Å². The molecule has 2 aromatic rings. The Balaban J connectivity index is 1.84. The Kier molecular flexibility index (Phi) is 6.37. The van der Waals surface area contributed by atoms with Crippen LogP contribution in [-0.4, -0.2) is 41.0 Å². The maximum absolute atomic E-state index is 15.5. The van der Waals surface area contributed by atoms with E-state index in [1.165, 1.54) is 6.92 Å². The van der Waals surface area contributed by atoms with Crippen LogP contribution in [0.4, 0.5) is 45.2 Å². The maximum Gasteiger partial charge on any atom is 0.402 e. The van der Waals surface area contributed by atoms with Crippen molar-refractivity contribution in [3.05, 3.63) is 37.8 Å². The molecule has 15 heteroatoms. The fourth-order valence-electron chi connectivity index (χ4n) is 5.14. The molecule has 2 heterocycles. The minimum atomic E-state index is -5.68. The summed E-state index contributed by atoms with van der Waals surface area (Å²) < 4.78 is 124. The first kappa shape index (κ1) is 26.4. The van der Waals surface area contributed by atoms with Crippen LogP contribution in [0, 0.1) is 24.6 Å². The lowest BCUT2D eigenvalue weighted by molar-refractivity contribution is -0.292. The highest BCUT2D eigenvalue weighted by molar-refractivity contribution is 5.90. The molecule has 2 aliphatic rings. The lowest BCUT2D eigenvalue weighted by Gasteiger charge is -2.32. The number of hydrogen-bond donors (Lipinski definition) is 2. The molecule has 2 atom stereocenters. The van der Waals surface area contributed by atoms with Crippen LogP contribution in [0.25, 0.3) is 10.9 Å². The molecule has 2 unspecified atom stereocenters. The van der Waals surface area contributed by atoms with E-state index in [0.717, 1.165) is 9.47 Å². The zero-order valence-electron chi connectivity index (χ0n) is 18.6. The summed E-state index contributed by atoms with van der Waals surface area (Å²) in [6, 6.07) is -2.85. The number of benzene rings is 1. The van der Waals surface area contributed by atoms with Gasteiger partial charge in [0.05, 0.1) is 22.2 Å². The molecule has 0 radical (unpaired) electrons. The number of nitrogens with zero attached hydrogens (tertiary/aromatic N) is 2. The van der Waals surface area contributed by atoms with Crippen LogP contribution >= 0.6 is 0 Å². The smallest absolute Gasteiger partial charge is 0.369 e. The second-order valence-electron chi connectivity index (χ2n) is 9.22. The zero-order chi connectivity index (χ0) is 26.9. The number of aryl methyl sites for hydroxylation is 1. The van der Waals surface area contributed by atoms with Crippen molar-refractivity contribution in [3.8, 4) is 0 Å². The Hall–Kier alpha value is -2.71. The minimum absolute atomic E-state index is 0.0978. The summed E-state index contributed by atoms with van der Waals surface area (Å²) in [5.74, 6) is -6.75. The largest absolute Gasteiger partial charge is 0.402 e. The number of nitrogens with one attached hydrogen (secondary N) is 1. The first-order valence-electron chi connectivity index (χ1n) is 11.0. The molecule has 36 heavy (non-hydrogen) atoms. The summed E-state index contributed by atoms with van der Waals surface area (Å²) in [4.78, 5) is 27.9. The van der Waals surface area contributed by atoms with Crippen molar-refractivity contribution in [2.75, 3.05) is 18.0 Å². The highest BCUT2D eigenvalue weighted by Crippen LogP contribution is 2.46. The van der Waals surface area contributed by atoms with Gasteiger partial charge in [-0.2, -0.15) is 26.3 Å². The minimum Gasteiger partial charge on any atom is -0.369 e. The third-order valence-electron chi connectivity index (χ3n) is 6.87. The van der Waals surface area contributed by atoms with E-state index < -0.39 is 82.9 Å². The first-order valence-corrected chi connectivity index (χ1v) is 11.0. The van der Waals surface area contributed by atoms with E-state index in [9.17, 15) is 44.7 Å². The highest BCUT2D eigenvalue weighted by Gasteiger charge is 2.61. The normalized spacial score (nSPS) is 20.2. The van der Waals surface area contributed by atoms with Gasteiger partial charge in [-0.25, -0.2) is 18.0 Å². The van der Waals surface area contributed by atoms with Crippen molar-refractivity contribution in [1.29, 1.82) is 0 Å². The number of hydrogen-bond acceptors (Lipinski definition) is 4. The van der Waals surface area contributed by atoms with Gasteiger partial charge in [-0.3, -0.25) is 14.3 Å². The molecule has 1 aliphatic heterocycles. The maximum atomic E-state index is 15.5. The average Bonchev–Trinajstić information content (AvgIpc) is 3.42. The van der Waals surface area contributed by atoms with Crippen molar-refractivity contribution >= 4 is 16.6 Å². The number of aromatic nitrogens is 2. The SMILES string of the molecule is Cc1c(N2CCC(C(N)C(C(F)(F)F)C(F)(F)F)C2)c(F)c(C(F)F)c2c(=O)[nH]c(=O)n(C3CC3)c12. The fourth-order valence-corrected chi connectivity index (χ4v) is 5.14. The van der Waals surface area contributed by atoms with Gasteiger partial charge in [0.2, 0.25) is 0 Å².